The molecule has 3 heterocycles. The SMILES string of the molecule is CC(NC(=O)CCc1nc(-c2cccnc2)no1)c1cc2c(cc1Br)OCCO2. The second-order valence-corrected chi connectivity index (χ2v) is 7.41. The van der Waals surface area contributed by atoms with Crippen LogP contribution in [0.1, 0.15) is 30.8 Å². The number of hydrogen-bond acceptors (Lipinski definition) is 7. The number of aryl methyl sites for hydroxylation is 1. The van der Waals surface area contributed by atoms with Crippen molar-refractivity contribution in [3.63, 3.8) is 0 Å². The van der Waals surface area contributed by atoms with Crippen molar-refractivity contribution in [3.05, 3.63) is 52.6 Å². The number of nitrogens with one attached hydrogen (secondary N) is 1. The van der Waals surface area contributed by atoms with Crippen LogP contribution in [0.3, 0.4) is 0 Å². The van der Waals surface area contributed by atoms with Gasteiger partial charge in [-0.2, -0.15) is 4.98 Å². The fourth-order valence-electron chi connectivity index (χ4n) is 2.99. The Hall–Kier alpha value is -2.94. The van der Waals surface area contributed by atoms with Crippen LogP contribution in [0, 0.1) is 0 Å². The molecule has 1 atom stereocenters. The first-order valence-corrected chi connectivity index (χ1v) is 10.0. The number of rotatable bonds is 6. The number of hydrogen-bond donors (Lipinski definition) is 1. The Bertz CT molecular complexity index is 1010. The van der Waals surface area contributed by atoms with Crippen LogP contribution in [0.5, 0.6) is 11.5 Å². The summed E-state index contributed by atoms with van der Waals surface area (Å²) in [6.45, 7) is 2.96. The summed E-state index contributed by atoms with van der Waals surface area (Å²) in [6.07, 6.45) is 3.93. The fraction of sp³-hybridized carbons (Fsp3) is 0.300. The molecule has 0 radical (unpaired) electrons. The molecular weight excluding hydrogens is 440 g/mol. The van der Waals surface area contributed by atoms with Crippen molar-refractivity contribution >= 4 is 21.8 Å². The van der Waals surface area contributed by atoms with E-state index in [0.717, 1.165) is 15.6 Å². The molecule has 1 unspecified atom stereocenters. The highest BCUT2D eigenvalue weighted by Crippen LogP contribution is 2.37. The molecule has 1 aliphatic heterocycles. The summed E-state index contributed by atoms with van der Waals surface area (Å²) >= 11 is 3.54. The Morgan fingerprint density at radius 1 is 1.28 bits per heavy atom. The molecule has 1 aromatic carbocycles. The highest BCUT2D eigenvalue weighted by Gasteiger charge is 2.19. The van der Waals surface area contributed by atoms with E-state index in [4.69, 9.17) is 14.0 Å². The van der Waals surface area contributed by atoms with E-state index in [0.29, 0.717) is 42.8 Å². The topological polar surface area (TPSA) is 99.4 Å². The molecule has 9 heteroatoms. The average molecular weight is 459 g/mol. The Morgan fingerprint density at radius 3 is 2.83 bits per heavy atom. The molecule has 4 rings (SSSR count). The quantitative estimate of drug-likeness (QED) is 0.603. The first-order valence-electron chi connectivity index (χ1n) is 9.21. The van der Waals surface area contributed by atoms with Crippen LogP contribution < -0.4 is 14.8 Å². The highest BCUT2D eigenvalue weighted by atomic mass is 79.9. The molecular formula is C20H19BrN4O4. The number of carbonyl (C=O) groups excluding carboxylic acids is 1. The molecule has 2 aromatic heterocycles. The number of nitrogens with zero attached hydrogens (tertiary/aromatic N) is 3. The lowest BCUT2D eigenvalue weighted by molar-refractivity contribution is -0.121. The minimum absolute atomic E-state index is 0.111. The standard InChI is InChI=1S/C20H19BrN4O4/c1-12(14-9-16-17(10-15(14)21)28-8-7-27-16)23-18(26)4-5-19-24-20(25-29-19)13-3-2-6-22-11-13/h2-3,6,9-12H,4-5,7-8H2,1H3,(H,23,26). The summed E-state index contributed by atoms with van der Waals surface area (Å²) in [6, 6.07) is 7.20. The van der Waals surface area contributed by atoms with Crippen LogP contribution >= 0.6 is 15.9 Å². The van der Waals surface area contributed by atoms with E-state index in [9.17, 15) is 4.79 Å². The average Bonchev–Trinajstić information content (AvgIpc) is 3.21. The van der Waals surface area contributed by atoms with Gasteiger partial charge in [0, 0.05) is 35.3 Å². The van der Waals surface area contributed by atoms with E-state index in [-0.39, 0.29) is 18.4 Å². The smallest absolute Gasteiger partial charge is 0.227 e. The van der Waals surface area contributed by atoms with E-state index in [2.05, 4.69) is 36.4 Å². The van der Waals surface area contributed by atoms with Gasteiger partial charge in [-0.15, -0.1) is 0 Å². The molecule has 29 heavy (non-hydrogen) atoms. The molecule has 0 spiro atoms. The van der Waals surface area contributed by atoms with Gasteiger partial charge >= 0.3 is 0 Å². The van der Waals surface area contributed by atoms with Gasteiger partial charge in [-0.3, -0.25) is 9.78 Å². The third kappa shape index (κ3) is 4.56. The zero-order valence-electron chi connectivity index (χ0n) is 15.7. The van der Waals surface area contributed by atoms with Crippen LogP contribution in [0.2, 0.25) is 0 Å². The van der Waals surface area contributed by atoms with Gasteiger partial charge in [0.05, 0.1) is 6.04 Å². The minimum Gasteiger partial charge on any atom is -0.486 e. The van der Waals surface area contributed by atoms with Gasteiger partial charge in [0.1, 0.15) is 13.2 Å². The minimum atomic E-state index is -0.207. The Morgan fingerprint density at radius 2 is 2.07 bits per heavy atom. The number of pyridine rings is 1. The molecule has 0 saturated carbocycles. The monoisotopic (exact) mass is 458 g/mol. The molecule has 0 fully saturated rings. The van der Waals surface area contributed by atoms with Gasteiger partial charge in [0.15, 0.2) is 11.5 Å². The summed E-state index contributed by atoms with van der Waals surface area (Å²) < 4.78 is 17.3. The van der Waals surface area contributed by atoms with Crippen molar-refractivity contribution in [2.45, 2.75) is 25.8 Å². The van der Waals surface area contributed by atoms with Crippen molar-refractivity contribution in [1.29, 1.82) is 0 Å². The summed E-state index contributed by atoms with van der Waals surface area (Å²) in [5.74, 6) is 2.14. The van der Waals surface area contributed by atoms with Crippen molar-refractivity contribution < 1.29 is 18.8 Å². The predicted octanol–water partition coefficient (Wildman–Crippen LogP) is 3.48. The Balaban J connectivity index is 1.35. The first kappa shape index (κ1) is 19.4. The lowest BCUT2D eigenvalue weighted by Gasteiger charge is -2.22. The number of benzene rings is 1. The lowest BCUT2D eigenvalue weighted by atomic mass is 10.1. The van der Waals surface area contributed by atoms with Crippen LogP contribution in [-0.2, 0) is 11.2 Å². The van der Waals surface area contributed by atoms with E-state index >= 15 is 0 Å². The molecule has 3 aromatic rings. The number of fused-ring (bicyclic) bond motifs is 1. The van der Waals surface area contributed by atoms with Crippen molar-refractivity contribution in [3.8, 4) is 22.9 Å². The highest BCUT2D eigenvalue weighted by molar-refractivity contribution is 9.10. The number of amides is 1. The van der Waals surface area contributed by atoms with Gasteiger partial charge < -0.3 is 19.3 Å². The van der Waals surface area contributed by atoms with E-state index in [1.54, 1.807) is 18.5 Å². The molecule has 1 amide bonds. The summed E-state index contributed by atoms with van der Waals surface area (Å²) in [7, 11) is 0. The van der Waals surface area contributed by atoms with Crippen LogP contribution in [0.15, 0.2) is 45.7 Å². The number of carbonyl (C=O) groups is 1. The summed E-state index contributed by atoms with van der Waals surface area (Å²) in [5.41, 5.74) is 1.68. The number of ether oxygens (including phenoxy) is 2. The lowest BCUT2D eigenvalue weighted by Crippen LogP contribution is -2.27. The Kier molecular flexibility index (Phi) is 5.75. The second kappa shape index (κ2) is 8.60. The molecule has 8 nitrogen and oxygen atoms in total. The third-order valence-corrected chi connectivity index (χ3v) is 5.15. The largest absolute Gasteiger partial charge is 0.486 e. The summed E-state index contributed by atoms with van der Waals surface area (Å²) in [4.78, 5) is 20.7. The van der Waals surface area contributed by atoms with Gasteiger partial charge in [0.2, 0.25) is 17.6 Å². The van der Waals surface area contributed by atoms with Crippen LogP contribution in [0.25, 0.3) is 11.4 Å². The van der Waals surface area contributed by atoms with E-state index in [1.807, 2.05) is 25.1 Å². The normalized spacial score (nSPS) is 13.7. The van der Waals surface area contributed by atoms with Gasteiger partial charge in [-0.25, -0.2) is 0 Å². The molecule has 0 bridgehead atoms. The van der Waals surface area contributed by atoms with Crippen molar-refractivity contribution in [2.24, 2.45) is 0 Å². The van der Waals surface area contributed by atoms with Crippen molar-refractivity contribution in [2.75, 3.05) is 13.2 Å². The maximum absolute atomic E-state index is 12.4. The van der Waals surface area contributed by atoms with Crippen LogP contribution in [-0.4, -0.2) is 34.2 Å². The van der Waals surface area contributed by atoms with E-state index < -0.39 is 0 Å². The molecule has 1 aliphatic rings. The number of aromatic nitrogens is 3. The second-order valence-electron chi connectivity index (χ2n) is 6.56. The fourth-order valence-corrected chi connectivity index (χ4v) is 3.66. The summed E-state index contributed by atoms with van der Waals surface area (Å²) in [5, 5.41) is 6.92. The molecule has 0 aliphatic carbocycles. The molecule has 0 saturated heterocycles. The first-order chi connectivity index (χ1) is 14.1. The van der Waals surface area contributed by atoms with Gasteiger partial charge in [0.25, 0.3) is 0 Å². The maximum atomic E-state index is 12.4. The third-order valence-electron chi connectivity index (χ3n) is 4.46. The van der Waals surface area contributed by atoms with Gasteiger partial charge in [-0.05, 0) is 36.8 Å². The zero-order chi connectivity index (χ0) is 20.2. The molecule has 150 valence electrons. The zero-order valence-corrected chi connectivity index (χ0v) is 17.3. The predicted molar refractivity (Wildman–Crippen MR) is 108 cm³/mol. The van der Waals surface area contributed by atoms with Gasteiger partial charge in [-0.1, -0.05) is 21.1 Å². The number of halogens is 1. The van der Waals surface area contributed by atoms with Crippen molar-refractivity contribution in [1.82, 2.24) is 20.4 Å². The Labute approximate surface area is 175 Å². The maximum Gasteiger partial charge on any atom is 0.227 e. The molecule has 1 N–H and O–H groups in total. The van der Waals surface area contributed by atoms with E-state index in [1.165, 1.54) is 0 Å². The van der Waals surface area contributed by atoms with Crippen LogP contribution in [0.4, 0.5) is 0 Å².